The summed E-state index contributed by atoms with van der Waals surface area (Å²) >= 11 is 0. The van der Waals surface area contributed by atoms with Crippen LogP contribution >= 0.6 is 0 Å². The van der Waals surface area contributed by atoms with Gasteiger partial charge < -0.3 is 4.74 Å². The standard InChI is InChI=1S/C8H9F3N2O2/c1-2-15-7(14)5-13-4-6(3-12-13)8(9,10)11/h3-4H,2,5H2,1H3. The Labute approximate surface area is 83.6 Å². The van der Waals surface area contributed by atoms with E-state index in [9.17, 15) is 18.0 Å². The molecular weight excluding hydrogens is 213 g/mol. The van der Waals surface area contributed by atoms with Gasteiger partial charge in [-0.15, -0.1) is 0 Å². The van der Waals surface area contributed by atoms with E-state index in [-0.39, 0.29) is 13.2 Å². The molecule has 0 bridgehead atoms. The second-order valence-electron chi connectivity index (χ2n) is 2.73. The number of carbonyl (C=O) groups is 1. The molecule has 0 radical (unpaired) electrons. The molecule has 0 unspecified atom stereocenters. The first-order valence-corrected chi connectivity index (χ1v) is 4.18. The maximum absolute atomic E-state index is 12.1. The topological polar surface area (TPSA) is 44.1 Å². The zero-order chi connectivity index (χ0) is 11.5. The SMILES string of the molecule is CCOC(=O)Cn1cc(C(F)(F)F)cn1. The van der Waals surface area contributed by atoms with Crippen LogP contribution in [0.4, 0.5) is 13.2 Å². The number of esters is 1. The lowest BCUT2D eigenvalue weighted by atomic mass is 10.4. The van der Waals surface area contributed by atoms with Crippen molar-refractivity contribution >= 4 is 5.97 Å². The molecule has 1 aromatic rings. The molecule has 0 amide bonds. The molecule has 84 valence electrons. The molecule has 1 aromatic heterocycles. The third-order valence-corrected chi connectivity index (χ3v) is 1.56. The fourth-order valence-corrected chi connectivity index (χ4v) is 0.935. The number of rotatable bonds is 3. The van der Waals surface area contributed by atoms with Gasteiger partial charge in [0.2, 0.25) is 0 Å². The summed E-state index contributed by atoms with van der Waals surface area (Å²) in [6.07, 6.45) is -3.01. The van der Waals surface area contributed by atoms with E-state index in [0.29, 0.717) is 6.20 Å². The Kier molecular flexibility index (Phi) is 3.33. The fraction of sp³-hybridized carbons (Fsp3) is 0.500. The monoisotopic (exact) mass is 222 g/mol. The first kappa shape index (κ1) is 11.5. The van der Waals surface area contributed by atoms with E-state index < -0.39 is 17.7 Å². The number of alkyl halides is 3. The van der Waals surface area contributed by atoms with Gasteiger partial charge in [-0.2, -0.15) is 18.3 Å². The van der Waals surface area contributed by atoms with Crippen molar-refractivity contribution in [2.75, 3.05) is 6.61 Å². The number of hydrogen-bond donors (Lipinski definition) is 0. The van der Waals surface area contributed by atoms with Crippen LogP contribution in [0.5, 0.6) is 0 Å². The molecule has 0 fully saturated rings. The molecule has 1 rings (SSSR count). The van der Waals surface area contributed by atoms with Crippen LogP contribution in [0.2, 0.25) is 0 Å². The highest BCUT2D eigenvalue weighted by Gasteiger charge is 2.32. The van der Waals surface area contributed by atoms with E-state index in [1.54, 1.807) is 6.92 Å². The lowest BCUT2D eigenvalue weighted by Crippen LogP contribution is -2.13. The Morgan fingerprint density at radius 3 is 2.73 bits per heavy atom. The summed E-state index contributed by atoms with van der Waals surface area (Å²) in [5, 5.41) is 3.40. The molecule has 0 atom stereocenters. The van der Waals surface area contributed by atoms with Gasteiger partial charge in [0.15, 0.2) is 0 Å². The lowest BCUT2D eigenvalue weighted by molar-refractivity contribution is -0.144. The van der Waals surface area contributed by atoms with Gasteiger partial charge in [-0.3, -0.25) is 9.48 Å². The van der Waals surface area contributed by atoms with Crippen molar-refractivity contribution in [1.82, 2.24) is 9.78 Å². The Morgan fingerprint density at radius 1 is 1.60 bits per heavy atom. The number of ether oxygens (including phenoxy) is 1. The van der Waals surface area contributed by atoms with Crippen molar-refractivity contribution in [3.05, 3.63) is 18.0 Å². The van der Waals surface area contributed by atoms with Crippen LogP contribution in [0.1, 0.15) is 12.5 Å². The predicted molar refractivity (Wildman–Crippen MR) is 43.9 cm³/mol. The zero-order valence-electron chi connectivity index (χ0n) is 7.91. The summed E-state index contributed by atoms with van der Waals surface area (Å²) in [6, 6.07) is 0. The minimum Gasteiger partial charge on any atom is -0.465 e. The highest BCUT2D eigenvalue weighted by molar-refractivity contribution is 5.68. The van der Waals surface area contributed by atoms with E-state index in [2.05, 4.69) is 9.84 Å². The largest absolute Gasteiger partial charge is 0.465 e. The molecule has 0 saturated carbocycles. The Bertz CT molecular complexity index is 346. The zero-order valence-corrected chi connectivity index (χ0v) is 7.91. The first-order chi connectivity index (χ1) is 6.93. The first-order valence-electron chi connectivity index (χ1n) is 4.18. The number of carbonyl (C=O) groups excluding carboxylic acids is 1. The average molecular weight is 222 g/mol. The van der Waals surface area contributed by atoms with Crippen LogP contribution in [0.25, 0.3) is 0 Å². The highest BCUT2D eigenvalue weighted by atomic mass is 19.4. The highest BCUT2D eigenvalue weighted by Crippen LogP contribution is 2.28. The van der Waals surface area contributed by atoms with Crippen LogP contribution in [-0.2, 0) is 22.3 Å². The van der Waals surface area contributed by atoms with Crippen LogP contribution in [0.15, 0.2) is 12.4 Å². The Morgan fingerprint density at radius 2 is 2.27 bits per heavy atom. The molecule has 15 heavy (non-hydrogen) atoms. The summed E-state index contributed by atoms with van der Waals surface area (Å²) in [4.78, 5) is 10.9. The molecule has 0 aliphatic heterocycles. The Balaban J connectivity index is 2.65. The van der Waals surface area contributed by atoms with Gasteiger partial charge in [0.25, 0.3) is 0 Å². The molecule has 0 saturated heterocycles. The molecular formula is C8H9F3N2O2. The van der Waals surface area contributed by atoms with E-state index in [1.165, 1.54) is 0 Å². The normalized spacial score (nSPS) is 11.5. The van der Waals surface area contributed by atoms with Crippen molar-refractivity contribution < 1.29 is 22.7 Å². The summed E-state index contributed by atoms with van der Waals surface area (Å²) in [5.41, 5.74) is -0.883. The number of aromatic nitrogens is 2. The molecule has 0 N–H and O–H groups in total. The van der Waals surface area contributed by atoms with Gasteiger partial charge in [-0.05, 0) is 6.92 Å². The maximum atomic E-state index is 12.1. The van der Waals surface area contributed by atoms with E-state index in [4.69, 9.17) is 0 Å². The van der Waals surface area contributed by atoms with Gasteiger partial charge in [0, 0.05) is 6.20 Å². The molecule has 0 aliphatic carbocycles. The molecule has 0 aromatic carbocycles. The van der Waals surface area contributed by atoms with Gasteiger partial charge in [0.05, 0.1) is 18.4 Å². The summed E-state index contributed by atoms with van der Waals surface area (Å²) in [5.74, 6) is -0.616. The van der Waals surface area contributed by atoms with Gasteiger partial charge in [0.1, 0.15) is 6.54 Å². The fourth-order valence-electron chi connectivity index (χ4n) is 0.935. The van der Waals surface area contributed by atoms with Crippen LogP contribution in [0.3, 0.4) is 0 Å². The molecule has 0 spiro atoms. The summed E-state index contributed by atoms with van der Waals surface area (Å²) < 4.78 is 41.8. The van der Waals surface area contributed by atoms with Gasteiger partial charge in [-0.1, -0.05) is 0 Å². The van der Waals surface area contributed by atoms with E-state index in [0.717, 1.165) is 10.9 Å². The average Bonchev–Trinajstić information content (AvgIpc) is 2.52. The molecule has 4 nitrogen and oxygen atoms in total. The van der Waals surface area contributed by atoms with Gasteiger partial charge >= 0.3 is 12.1 Å². The minimum absolute atomic E-state index is 0.187. The maximum Gasteiger partial charge on any atom is 0.419 e. The van der Waals surface area contributed by atoms with Gasteiger partial charge in [-0.25, -0.2) is 0 Å². The second-order valence-corrected chi connectivity index (χ2v) is 2.73. The molecule has 0 aliphatic rings. The Hall–Kier alpha value is -1.53. The summed E-state index contributed by atoms with van der Waals surface area (Å²) in [7, 11) is 0. The molecule has 1 heterocycles. The number of hydrogen-bond acceptors (Lipinski definition) is 3. The van der Waals surface area contributed by atoms with Crippen molar-refractivity contribution in [2.45, 2.75) is 19.6 Å². The van der Waals surface area contributed by atoms with Crippen LogP contribution < -0.4 is 0 Å². The number of halogens is 3. The van der Waals surface area contributed by atoms with Crippen molar-refractivity contribution in [2.24, 2.45) is 0 Å². The van der Waals surface area contributed by atoms with Crippen molar-refractivity contribution in [3.8, 4) is 0 Å². The smallest absolute Gasteiger partial charge is 0.419 e. The second kappa shape index (κ2) is 4.33. The number of nitrogens with zero attached hydrogens (tertiary/aromatic N) is 2. The minimum atomic E-state index is -4.44. The summed E-state index contributed by atoms with van der Waals surface area (Å²) in [6.45, 7) is 1.48. The predicted octanol–water partition coefficient (Wildman–Crippen LogP) is 1.47. The van der Waals surface area contributed by atoms with Crippen LogP contribution in [0, 0.1) is 0 Å². The van der Waals surface area contributed by atoms with E-state index >= 15 is 0 Å². The molecule has 7 heteroatoms. The third-order valence-electron chi connectivity index (χ3n) is 1.56. The van der Waals surface area contributed by atoms with Crippen molar-refractivity contribution in [3.63, 3.8) is 0 Å². The van der Waals surface area contributed by atoms with Crippen LogP contribution in [-0.4, -0.2) is 22.4 Å². The quantitative estimate of drug-likeness (QED) is 0.727. The lowest BCUT2D eigenvalue weighted by Gasteiger charge is -2.02. The third kappa shape index (κ3) is 3.26. The van der Waals surface area contributed by atoms with E-state index in [1.807, 2.05) is 0 Å². The van der Waals surface area contributed by atoms with Crippen molar-refractivity contribution in [1.29, 1.82) is 0 Å².